The van der Waals surface area contributed by atoms with E-state index < -0.39 is 0 Å². The maximum Gasteiger partial charge on any atom is 0.235 e. The van der Waals surface area contributed by atoms with Crippen LogP contribution in [0.4, 0.5) is 0 Å². The van der Waals surface area contributed by atoms with Gasteiger partial charge in [-0.1, -0.05) is 26.0 Å². The lowest BCUT2D eigenvalue weighted by atomic mass is 10.1. The van der Waals surface area contributed by atoms with Gasteiger partial charge in [-0.3, -0.25) is 4.98 Å². The van der Waals surface area contributed by atoms with E-state index in [1.54, 1.807) is 6.20 Å². The van der Waals surface area contributed by atoms with Crippen molar-refractivity contribution in [2.45, 2.75) is 19.9 Å². The molecule has 1 atom stereocenters. The summed E-state index contributed by atoms with van der Waals surface area (Å²) in [4.78, 5) is 13.5. The van der Waals surface area contributed by atoms with Crippen molar-refractivity contribution >= 4 is 5.90 Å². The van der Waals surface area contributed by atoms with E-state index in [1.165, 1.54) is 0 Å². The topological polar surface area (TPSA) is 47.4 Å². The van der Waals surface area contributed by atoms with Crippen LogP contribution < -0.4 is 0 Å². The minimum atomic E-state index is 0.227. The molecule has 1 unspecified atom stereocenters. The monoisotopic (exact) mass is 267 g/mol. The lowest BCUT2D eigenvalue weighted by Gasteiger charge is -2.06. The number of aromatic nitrogens is 2. The number of aliphatic imine (C=N–C) groups is 1. The van der Waals surface area contributed by atoms with Crippen LogP contribution in [0.1, 0.15) is 19.5 Å². The van der Waals surface area contributed by atoms with Crippen LogP contribution in [-0.2, 0) is 4.74 Å². The van der Waals surface area contributed by atoms with Crippen molar-refractivity contribution in [3.63, 3.8) is 0 Å². The number of rotatable bonds is 3. The highest BCUT2D eigenvalue weighted by Gasteiger charge is 2.23. The van der Waals surface area contributed by atoms with Crippen LogP contribution in [0.5, 0.6) is 0 Å². The molecule has 0 aliphatic carbocycles. The van der Waals surface area contributed by atoms with E-state index in [2.05, 4.69) is 28.8 Å². The van der Waals surface area contributed by atoms with Crippen LogP contribution >= 0.6 is 0 Å². The van der Waals surface area contributed by atoms with Crippen molar-refractivity contribution in [2.75, 3.05) is 6.61 Å². The van der Waals surface area contributed by atoms with E-state index in [4.69, 9.17) is 4.74 Å². The summed E-state index contributed by atoms with van der Waals surface area (Å²) < 4.78 is 5.67. The SMILES string of the molecule is CC(C)C1COC(c2cccc(-c3ccccn3)n2)=N1. The van der Waals surface area contributed by atoms with Gasteiger partial charge in [-0.15, -0.1) is 0 Å². The summed E-state index contributed by atoms with van der Waals surface area (Å²) in [6.07, 6.45) is 1.77. The molecule has 0 spiro atoms. The van der Waals surface area contributed by atoms with Gasteiger partial charge in [0.1, 0.15) is 12.3 Å². The van der Waals surface area contributed by atoms with Gasteiger partial charge in [-0.2, -0.15) is 0 Å². The summed E-state index contributed by atoms with van der Waals surface area (Å²) >= 11 is 0. The molecule has 102 valence electrons. The summed E-state index contributed by atoms with van der Waals surface area (Å²) in [5.41, 5.74) is 2.46. The molecule has 0 aromatic carbocycles. The predicted octanol–water partition coefficient (Wildman–Crippen LogP) is 2.95. The number of ether oxygens (including phenoxy) is 1. The number of nitrogens with zero attached hydrogens (tertiary/aromatic N) is 3. The fourth-order valence-corrected chi connectivity index (χ4v) is 2.08. The quantitative estimate of drug-likeness (QED) is 0.859. The Morgan fingerprint density at radius 3 is 2.55 bits per heavy atom. The molecule has 0 fully saturated rings. The predicted molar refractivity (Wildman–Crippen MR) is 78.6 cm³/mol. The number of hydrogen-bond acceptors (Lipinski definition) is 4. The van der Waals surface area contributed by atoms with E-state index in [9.17, 15) is 0 Å². The molecule has 2 aromatic heterocycles. The van der Waals surface area contributed by atoms with E-state index in [1.807, 2.05) is 36.4 Å². The summed E-state index contributed by atoms with van der Waals surface area (Å²) in [5, 5.41) is 0. The van der Waals surface area contributed by atoms with Gasteiger partial charge in [-0.05, 0) is 30.2 Å². The smallest absolute Gasteiger partial charge is 0.235 e. The molecule has 4 nitrogen and oxygen atoms in total. The molecule has 0 radical (unpaired) electrons. The molecule has 0 saturated carbocycles. The second kappa shape index (κ2) is 5.41. The third kappa shape index (κ3) is 2.54. The van der Waals surface area contributed by atoms with Crippen molar-refractivity contribution in [3.05, 3.63) is 48.3 Å². The highest BCUT2D eigenvalue weighted by atomic mass is 16.5. The molecule has 0 saturated heterocycles. The molecule has 2 aromatic rings. The standard InChI is InChI=1S/C16H17N3O/c1-11(2)15-10-20-16(19-15)14-8-5-7-13(18-14)12-6-3-4-9-17-12/h3-9,11,15H,10H2,1-2H3. The van der Waals surface area contributed by atoms with Gasteiger partial charge < -0.3 is 4.74 Å². The lowest BCUT2D eigenvalue weighted by molar-refractivity contribution is 0.291. The highest BCUT2D eigenvalue weighted by molar-refractivity contribution is 5.93. The van der Waals surface area contributed by atoms with Crippen molar-refractivity contribution in [1.82, 2.24) is 9.97 Å². The van der Waals surface area contributed by atoms with E-state index >= 15 is 0 Å². The molecule has 0 bridgehead atoms. The van der Waals surface area contributed by atoms with Gasteiger partial charge in [-0.25, -0.2) is 9.98 Å². The summed E-state index contributed by atoms with van der Waals surface area (Å²) in [7, 11) is 0. The Labute approximate surface area is 118 Å². The molecule has 20 heavy (non-hydrogen) atoms. The largest absolute Gasteiger partial charge is 0.474 e. The maximum absolute atomic E-state index is 5.67. The van der Waals surface area contributed by atoms with E-state index in [-0.39, 0.29) is 6.04 Å². The molecule has 3 rings (SSSR count). The van der Waals surface area contributed by atoms with Crippen LogP contribution in [0.3, 0.4) is 0 Å². The molecule has 0 N–H and O–H groups in total. The van der Waals surface area contributed by atoms with Gasteiger partial charge in [0.2, 0.25) is 5.90 Å². The van der Waals surface area contributed by atoms with Gasteiger partial charge in [0.05, 0.1) is 17.4 Å². The van der Waals surface area contributed by atoms with Crippen LogP contribution in [0, 0.1) is 5.92 Å². The lowest BCUT2D eigenvalue weighted by Crippen LogP contribution is -2.13. The van der Waals surface area contributed by atoms with E-state index in [0.29, 0.717) is 18.4 Å². The average Bonchev–Trinajstić information content (AvgIpc) is 2.98. The first-order chi connectivity index (χ1) is 9.74. The van der Waals surface area contributed by atoms with Crippen LogP contribution in [0.2, 0.25) is 0 Å². The molecule has 3 heterocycles. The minimum absolute atomic E-state index is 0.227. The minimum Gasteiger partial charge on any atom is -0.474 e. The fourth-order valence-electron chi connectivity index (χ4n) is 2.08. The summed E-state index contributed by atoms with van der Waals surface area (Å²) in [6.45, 7) is 4.94. The second-order valence-electron chi connectivity index (χ2n) is 5.18. The van der Waals surface area contributed by atoms with Gasteiger partial charge in [0, 0.05) is 6.20 Å². The number of pyridine rings is 2. The van der Waals surface area contributed by atoms with Crippen molar-refractivity contribution < 1.29 is 4.74 Å². The third-order valence-electron chi connectivity index (χ3n) is 3.34. The maximum atomic E-state index is 5.67. The number of hydrogen-bond donors (Lipinski definition) is 0. The van der Waals surface area contributed by atoms with Crippen molar-refractivity contribution in [3.8, 4) is 11.4 Å². The molecular weight excluding hydrogens is 250 g/mol. The molecular formula is C16H17N3O. The Kier molecular flexibility index (Phi) is 3.46. The zero-order valence-corrected chi connectivity index (χ0v) is 11.7. The highest BCUT2D eigenvalue weighted by Crippen LogP contribution is 2.19. The third-order valence-corrected chi connectivity index (χ3v) is 3.34. The van der Waals surface area contributed by atoms with Crippen LogP contribution in [0.15, 0.2) is 47.6 Å². The van der Waals surface area contributed by atoms with Crippen LogP contribution in [-0.4, -0.2) is 28.5 Å². The zero-order valence-electron chi connectivity index (χ0n) is 11.7. The molecule has 4 heteroatoms. The Bertz CT molecular complexity index is 623. The normalized spacial score (nSPS) is 17.9. The summed E-state index contributed by atoms with van der Waals surface area (Å²) in [5.74, 6) is 1.12. The van der Waals surface area contributed by atoms with Gasteiger partial charge in [0.15, 0.2) is 0 Å². The Morgan fingerprint density at radius 1 is 1.05 bits per heavy atom. The Hall–Kier alpha value is -2.23. The summed E-state index contributed by atoms with van der Waals surface area (Å²) in [6, 6.07) is 11.8. The first-order valence-electron chi connectivity index (χ1n) is 6.83. The molecule has 0 amide bonds. The fraction of sp³-hybridized carbons (Fsp3) is 0.312. The average molecular weight is 267 g/mol. The molecule has 1 aliphatic rings. The first-order valence-corrected chi connectivity index (χ1v) is 6.83. The second-order valence-corrected chi connectivity index (χ2v) is 5.18. The first kappa shape index (κ1) is 12.8. The Morgan fingerprint density at radius 2 is 1.85 bits per heavy atom. The zero-order chi connectivity index (χ0) is 13.9. The Balaban J connectivity index is 1.91. The van der Waals surface area contributed by atoms with Crippen molar-refractivity contribution in [1.29, 1.82) is 0 Å². The molecule has 1 aliphatic heterocycles. The van der Waals surface area contributed by atoms with Crippen LogP contribution in [0.25, 0.3) is 11.4 Å². The van der Waals surface area contributed by atoms with E-state index in [0.717, 1.165) is 17.1 Å². The van der Waals surface area contributed by atoms with Gasteiger partial charge in [0.25, 0.3) is 0 Å². The van der Waals surface area contributed by atoms with Crippen molar-refractivity contribution in [2.24, 2.45) is 10.9 Å². The van der Waals surface area contributed by atoms with Gasteiger partial charge >= 0.3 is 0 Å².